The van der Waals surface area contributed by atoms with Crippen LogP contribution in [0.15, 0.2) is 37.4 Å². The Morgan fingerprint density at radius 1 is 1.37 bits per heavy atom. The standard InChI is InChI=1S/C13H14Br2N2OS/c1-2-5-17-8-9(3-4-12(17)18)16-7-10-6-11(14)13(15)19-10/h3-4,6,8,16H,2,5,7H2,1H3. The van der Waals surface area contributed by atoms with E-state index in [-0.39, 0.29) is 5.56 Å². The van der Waals surface area contributed by atoms with Gasteiger partial charge >= 0.3 is 0 Å². The molecule has 0 saturated carbocycles. The highest BCUT2D eigenvalue weighted by Crippen LogP contribution is 2.32. The number of halogens is 2. The Kier molecular flexibility index (Phi) is 5.24. The largest absolute Gasteiger partial charge is 0.379 e. The van der Waals surface area contributed by atoms with Gasteiger partial charge in [-0.05, 0) is 50.4 Å². The summed E-state index contributed by atoms with van der Waals surface area (Å²) < 4.78 is 3.91. The summed E-state index contributed by atoms with van der Waals surface area (Å²) in [5, 5.41) is 3.34. The molecule has 102 valence electrons. The van der Waals surface area contributed by atoms with Crippen molar-refractivity contribution in [2.24, 2.45) is 0 Å². The van der Waals surface area contributed by atoms with Gasteiger partial charge in [0.2, 0.25) is 0 Å². The van der Waals surface area contributed by atoms with E-state index in [0.29, 0.717) is 0 Å². The van der Waals surface area contributed by atoms with Gasteiger partial charge in [-0.2, -0.15) is 0 Å². The van der Waals surface area contributed by atoms with E-state index in [1.54, 1.807) is 22.0 Å². The first-order chi connectivity index (χ1) is 9.10. The number of anilines is 1. The van der Waals surface area contributed by atoms with Crippen LogP contribution in [-0.2, 0) is 13.1 Å². The summed E-state index contributed by atoms with van der Waals surface area (Å²) in [6.07, 6.45) is 2.83. The Labute approximate surface area is 132 Å². The zero-order chi connectivity index (χ0) is 13.8. The quantitative estimate of drug-likeness (QED) is 0.796. The van der Waals surface area contributed by atoms with Crippen molar-refractivity contribution in [3.63, 3.8) is 0 Å². The second kappa shape index (κ2) is 6.72. The second-order valence-corrected chi connectivity index (χ2v) is 7.45. The minimum atomic E-state index is 0.0500. The molecule has 0 atom stereocenters. The zero-order valence-corrected chi connectivity index (χ0v) is 14.4. The summed E-state index contributed by atoms with van der Waals surface area (Å²) in [4.78, 5) is 12.8. The average molecular weight is 406 g/mol. The lowest BCUT2D eigenvalue weighted by atomic mass is 10.3. The van der Waals surface area contributed by atoms with Crippen LogP contribution in [0.2, 0.25) is 0 Å². The van der Waals surface area contributed by atoms with Crippen molar-refractivity contribution in [3.05, 3.63) is 47.9 Å². The van der Waals surface area contributed by atoms with Crippen molar-refractivity contribution in [1.29, 1.82) is 0 Å². The molecule has 0 saturated heterocycles. The number of thiophene rings is 1. The summed E-state index contributed by atoms with van der Waals surface area (Å²) in [6.45, 7) is 3.57. The van der Waals surface area contributed by atoms with Crippen LogP contribution in [0, 0.1) is 0 Å². The number of pyridine rings is 1. The lowest BCUT2D eigenvalue weighted by Gasteiger charge is -2.08. The maximum atomic E-state index is 11.6. The molecule has 0 radical (unpaired) electrons. The van der Waals surface area contributed by atoms with Crippen LogP contribution >= 0.6 is 43.2 Å². The number of rotatable bonds is 5. The number of nitrogens with zero attached hydrogens (tertiary/aromatic N) is 1. The van der Waals surface area contributed by atoms with Gasteiger partial charge in [0.1, 0.15) is 0 Å². The Bertz CT molecular complexity index is 602. The minimum absolute atomic E-state index is 0.0500. The Balaban J connectivity index is 2.07. The first kappa shape index (κ1) is 14.8. The van der Waals surface area contributed by atoms with Crippen LogP contribution < -0.4 is 10.9 Å². The molecule has 19 heavy (non-hydrogen) atoms. The van der Waals surface area contributed by atoms with E-state index in [9.17, 15) is 4.79 Å². The SMILES string of the molecule is CCCn1cc(NCc2cc(Br)c(Br)s2)ccc1=O. The van der Waals surface area contributed by atoms with Crippen LogP contribution in [0.1, 0.15) is 18.2 Å². The molecular weight excluding hydrogens is 392 g/mol. The van der Waals surface area contributed by atoms with Gasteiger partial charge in [-0.15, -0.1) is 11.3 Å². The molecule has 0 amide bonds. The molecule has 2 aromatic heterocycles. The number of aryl methyl sites for hydroxylation is 1. The van der Waals surface area contributed by atoms with Gasteiger partial charge in [0, 0.05) is 34.7 Å². The van der Waals surface area contributed by atoms with Gasteiger partial charge in [0.05, 0.1) is 9.47 Å². The van der Waals surface area contributed by atoms with Crippen molar-refractivity contribution < 1.29 is 0 Å². The highest BCUT2D eigenvalue weighted by atomic mass is 79.9. The van der Waals surface area contributed by atoms with Crippen molar-refractivity contribution >= 4 is 48.9 Å². The van der Waals surface area contributed by atoms with Gasteiger partial charge < -0.3 is 9.88 Å². The molecule has 3 nitrogen and oxygen atoms in total. The van der Waals surface area contributed by atoms with E-state index >= 15 is 0 Å². The molecule has 0 aromatic carbocycles. The Morgan fingerprint density at radius 3 is 2.79 bits per heavy atom. The second-order valence-electron chi connectivity index (χ2n) is 4.14. The third-order valence-corrected chi connectivity index (χ3v) is 5.87. The molecule has 0 unspecified atom stereocenters. The molecular formula is C13H14Br2N2OS. The summed E-state index contributed by atoms with van der Waals surface area (Å²) in [7, 11) is 0. The third-order valence-electron chi connectivity index (χ3n) is 2.61. The van der Waals surface area contributed by atoms with Crippen LogP contribution in [0.25, 0.3) is 0 Å². The summed E-state index contributed by atoms with van der Waals surface area (Å²) in [5.41, 5.74) is 1.02. The van der Waals surface area contributed by atoms with E-state index in [2.05, 4.69) is 50.2 Å². The fourth-order valence-corrected chi connectivity index (χ4v) is 3.84. The molecule has 6 heteroatoms. The Morgan fingerprint density at radius 2 is 2.16 bits per heavy atom. The fourth-order valence-electron chi connectivity index (χ4n) is 1.72. The monoisotopic (exact) mass is 404 g/mol. The highest BCUT2D eigenvalue weighted by molar-refractivity contribution is 9.13. The predicted octanol–water partition coefficient (Wildman–Crippen LogP) is 4.46. The summed E-state index contributed by atoms with van der Waals surface area (Å²) in [5.74, 6) is 0. The molecule has 0 spiro atoms. The van der Waals surface area contributed by atoms with Crippen LogP contribution in [-0.4, -0.2) is 4.57 Å². The summed E-state index contributed by atoms with van der Waals surface area (Å²) >= 11 is 8.65. The first-order valence-electron chi connectivity index (χ1n) is 5.98. The smallest absolute Gasteiger partial charge is 0.250 e. The molecule has 0 aliphatic rings. The highest BCUT2D eigenvalue weighted by Gasteiger charge is 2.04. The van der Waals surface area contributed by atoms with Gasteiger partial charge in [0.15, 0.2) is 0 Å². The lowest BCUT2D eigenvalue weighted by molar-refractivity contribution is 0.655. The van der Waals surface area contributed by atoms with E-state index in [0.717, 1.165) is 33.5 Å². The van der Waals surface area contributed by atoms with Gasteiger partial charge in [-0.3, -0.25) is 4.79 Å². The number of aromatic nitrogens is 1. The lowest BCUT2D eigenvalue weighted by Crippen LogP contribution is -2.18. The molecule has 0 aliphatic carbocycles. The van der Waals surface area contributed by atoms with Crippen LogP contribution in [0.3, 0.4) is 0 Å². The van der Waals surface area contributed by atoms with E-state index in [4.69, 9.17) is 0 Å². The van der Waals surface area contributed by atoms with Crippen molar-refractivity contribution in [3.8, 4) is 0 Å². The van der Waals surface area contributed by atoms with Crippen LogP contribution in [0.4, 0.5) is 5.69 Å². The maximum absolute atomic E-state index is 11.6. The molecule has 1 N–H and O–H groups in total. The topological polar surface area (TPSA) is 34.0 Å². The Hall–Kier alpha value is -0.590. The minimum Gasteiger partial charge on any atom is -0.379 e. The normalized spacial score (nSPS) is 10.7. The van der Waals surface area contributed by atoms with Gasteiger partial charge in [-0.1, -0.05) is 6.92 Å². The van der Waals surface area contributed by atoms with Crippen molar-refractivity contribution in [2.75, 3.05) is 5.32 Å². The molecule has 2 aromatic rings. The van der Waals surface area contributed by atoms with Crippen molar-refractivity contribution in [1.82, 2.24) is 4.57 Å². The summed E-state index contributed by atoms with van der Waals surface area (Å²) in [6, 6.07) is 5.52. The maximum Gasteiger partial charge on any atom is 0.250 e. The van der Waals surface area contributed by atoms with Crippen LogP contribution in [0.5, 0.6) is 0 Å². The number of hydrogen-bond acceptors (Lipinski definition) is 3. The predicted molar refractivity (Wildman–Crippen MR) is 88.0 cm³/mol. The van der Waals surface area contributed by atoms with E-state index in [1.165, 1.54) is 4.88 Å². The molecule has 0 bridgehead atoms. The number of nitrogens with one attached hydrogen (secondary N) is 1. The molecule has 0 fully saturated rings. The van der Waals surface area contributed by atoms with Crippen molar-refractivity contribution in [2.45, 2.75) is 26.4 Å². The zero-order valence-electron chi connectivity index (χ0n) is 10.5. The fraction of sp³-hybridized carbons (Fsp3) is 0.308. The van der Waals surface area contributed by atoms with Gasteiger partial charge in [0.25, 0.3) is 5.56 Å². The van der Waals surface area contributed by atoms with E-state index in [1.807, 2.05) is 12.3 Å². The average Bonchev–Trinajstić information content (AvgIpc) is 2.70. The third kappa shape index (κ3) is 3.94. The molecule has 0 aliphatic heterocycles. The first-order valence-corrected chi connectivity index (χ1v) is 8.38. The molecule has 2 heterocycles. The van der Waals surface area contributed by atoms with E-state index < -0.39 is 0 Å². The molecule has 2 rings (SSSR count). The number of hydrogen-bond donors (Lipinski definition) is 1. The van der Waals surface area contributed by atoms with Gasteiger partial charge in [-0.25, -0.2) is 0 Å².